The molecule has 0 unspecified atom stereocenters. The molecular weight excluding hydrogens is 248 g/mol. The molecule has 0 aromatic carbocycles. The fourth-order valence-electron chi connectivity index (χ4n) is 1.82. The summed E-state index contributed by atoms with van der Waals surface area (Å²) in [5.41, 5.74) is -0.378. The minimum absolute atomic E-state index is 0.323. The lowest BCUT2D eigenvalue weighted by atomic mass is 10.0. The SMILES string of the molecule is CCN(C(=O)N(C)Cc1ccoc1)C(C)(C)C(=O)O. The van der Waals surface area contributed by atoms with E-state index < -0.39 is 11.5 Å². The van der Waals surface area contributed by atoms with Crippen molar-refractivity contribution in [3.05, 3.63) is 24.2 Å². The first-order valence-electron chi connectivity index (χ1n) is 6.08. The summed E-state index contributed by atoms with van der Waals surface area (Å²) in [5.74, 6) is -1.03. The Morgan fingerprint density at radius 3 is 2.47 bits per heavy atom. The molecule has 0 saturated carbocycles. The topological polar surface area (TPSA) is 74.0 Å². The van der Waals surface area contributed by atoms with Gasteiger partial charge in [0.1, 0.15) is 5.54 Å². The molecule has 0 aliphatic heterocycles. The van der Waals surface area contributed by atoms with Crippen LogP contribution in [0, 0.1) is 0 Å². The molecule has 1 aromatic rings. The predicted octanol–water partition coefficient (Wildman–Crippen LogP) is 2.02. The molecule has 1 rings (SSSR count). The molecule has 6 nitrogen and oxygen atoms in total. The molecule has 0 radical (unpaired) electrons. The summed E-state index contributed by atoms with van der Waals surface area (Å²) in [5, 5.41) is 9.20. The number of aliphatic carboxylic acids is 1. The van der Waals surface area contributed by atoms with Gasteiger partial charge in [-0.25, -0.2) is 9.59 Å². The number of nitrogens with zero attached hydrogens (tertiary/aromatic N) is 2. The zero-order valence-corrected chi connectivity index (χ0v) is 11.7. The third-order valence-electron chi connectivity index (χ3n) is 3.07. The van der Waals surface area contributed by atoms with Gasteiger partial charge in [0.2, 0.25) is 0 Å². The predicted molar refractivity (Wildman–Crippen MR) is 69.7 cm³/mol. The number of likely N-dealkylation sites (N-methyl/N-ethyl adjacent to an activating group) is 1. The van der Waals surface area contributed by atoms with Crippen LogP contribution in [0.4, 0.5) is 4.79 Å². The second kappa shape index (κ2) is 5.77. The van der Waals surface area contributed by atoms with Crippen molar-refractivity contribution < 1.29 is 19.1 Å². The van der Waals surface area contributed by atoms with Crippen LogP contribution < -0.4 is 0 Å². The lowest BCUT2D eigenvalue weighted by Crippen LogP contribution is -2.56. The maximum absolute atomic E-state index is 12.3. The number of carboxylic acid groups (broad SMARTS) is 1. The monoisotopic (exact) mass is 268 g/mol. The average molecular weight is 268 g/mol. The number of hydrogen-bond acceptors (Lipinski definition) is 3. The number of carboxylic acids is 1. The Hall–Kier alpha value is -1.98. The molecule has 0 aliphatic carbocycles. The van der Waals surface area contributed by atoms with E-state index in [1.165, 1.54) is 29.9 Å². The Morgan fingerprint density at radius 2 is 2.05 bits per heavy atom. The van der Waals surface area contributed by atoms with Gasteiger partial charge in [0.15, 0.2) is 0 Å². The quantitative estimate of drug-likeness (QED) is 0.886. The molecule has 0 atom stereocenters. The zero-order chi connectivity index (χ0) is 14.6. The summed E-state index contributed by atoms with van der Waals surface area (Å²) in [6.45, 7) is 5.49. The van der Waals surface area contributed by atoms with E-state index in [1.807, 2.05) is 0 Å². The molecule has 0 bridgehead atoms. The van der Waals surface area contributed by atoms with Gasteiger partial charge in [-0.2, -0.15) is 0 Å². The van der Waals surface area contributed by atoms with E-state index in [0.717, 1.165) is 5.56 Å². The smallest absolute Gasteiger partial charge is 0.329 e. The van der Waals surface area contributed by atoms with Crippen molar-refractivity contribution in [1.29, 1.82) is 0 Å². The second-order valence-electron chi connectivity index (χ2n) is 4.88. The highest BCUT2D eigenvalue weighted by atomic mass is 16.4. The molecule has 0 spiro atoms. The minimum Gasteiger partial charge on any atom is -0.480 e. The number of hydrogen-bond donors (Lipinski definition) is 1. The van der Waals surface area contributed by atoms with Crippen LogP contribution in [0.25, 0.3) is 0 Å². The average Bonchev–Trinajstić information content (AvgIpc) is 2.81. The maximum atomic E-state index is 12.3. The zero-order valence-electron chi connectivity index (χ0n) is 11.7. The number of carbonyl (C=O) groups excluding carboxylic acids is 1. The van der Waals surface area contributed by atoms with E-state index in [0.29, 0.717) is 13.1 Å². The van der Waals surface area contributed by atoms with Gasteiger partial charge in [-0.15, -0.1) is 0 Å². The van der Waals surface area contributed by atoms with Crippen LogP contribution in [0.15, 0.2) is 23.0 Å². The summed E-state index contributed by atoms with van der Waals surface area (Å²) in [6.07, 6.45) is 3.09. The normalized spacial score (nSPS) is 11.2. The van der Waals surface area contributed by atoms with Gasteiger partial charge in [-0.1, -0.05) is 0 Å². The molecule has 0 fully saturated rings. The van der Waals surface area contributed by atoms with Gasteiger partial charge < -0.3 is 19.3 Å². The Bertz CT molecular complexity index is 440. The van der Waals surface area contributed by atoms with Gasteiger partial charge in [-0.05, 0) is 26.8 Å². The summed E-state index contributed by atoms with van der Waals surface area (Å²) in [6, 6.07) is 1.44. The summed E-state index contributed by atoms with van der Waals surface area (Å²) in [7, 11) is 1.63. The number of carbonyl (C=O) groups is 2. The van der Waals surface area contributed by atoms with Crippen molar-refractivity contribution in [2.24, 2.45) is 0 Å². The van der Waals surface area contributed by atoms with E-state index >= 15 is 0 Å². The van der Waals surface area contributed by atoms with E-state index in [4.69, 9.17) is 4.42 Å². The molecule has 2 amide bonds. The highest BCUT2D eigenvalue weighted by Gasteiger charge is 2.38. The van der Waals surface area contributed by atoms with Gasteiger partial charge in [-0.3, -0.25) is 0 Å². The fraction of sp³-hybridized carbons (Fsp3) is 0.538. The van der Waals surface area contributed by atoms with Crippen LogP contribution in [-0.4, -0.2) is 46.0 Å². The third-order valence-corrected chi connectivity index (χ3v) is 3.07. The molecular formula is C13H20N2O4. The van der Waals surface area contributed by atoms with Gasteiger partial charge in [0.25, 0.3) is 0 Å². The molecule has 6 heteroatoms. The van der Waals surface area contributed by atoms with Crippen LogP contribution in [0.5, 0.6) is 0 Å². The van der Waals surface area contributed by atoms with E-state index in [9.17, 15) is 14.7 Å². The third kappa shape index (κ3) is 3.27. The first-order valence-corrected chi connectivity index (χ1v) is 6.08. The van der Waals surface area contributed by atoms with Crippen molar-refractivity contribution in [3.8, 4) is 0 Å². The van der Waals surface area contributed by atoms with Crippen molar-refractivity contribution >= 4 is 12.0 Å². The summed E-state index contributed by atoms with van der Waals surface area (Å²) < 4.78 is 4.94. The largest absolute Gasteiger partial charge is 0.480 e. The van der Waals surface area contributed by atoms with Crippen molar-refractivity contribution in [3.63, 3.8) is 0 Å². The molecule has 19 heavy (non-hydrogen) atoms. The lowest BCUT2D eigenvalue weighted by molar-refractivity contribution is -0.147. The van der Waals surface area contributed by atoms with Gasteiger partial charge in [0, 0.05) is 19.2 Å². The van der Waals surface area contributed by atoms with Crippen molar-refractivity contribution in [2.45, 2.75) is 32.9 Å². The van der Waals surface area contributed by atoms with E-state index in [2.05, 4.69) is 0 Å². The maximum Gasteiger partial charge on any atom is 0.329 e. The second-order valence-corrected chi connectivity index (χ2v) is 4.88. The highest BCUT2D eigenvalue weighted by molar-refractivity contribution is 5.85. The molecule has 106 valence electrons. The number of amides is 2. The Balaban J connectivity index is 2.81. The number of rotatable bonds is 5. The van der Waals surface area contributed by atoms with Crippen LogP contribution in [0.2, 0.25) is 0 Å². The van der Waals surface area contributed by atoms with Crippen molar-refractivity contribution in [2.75, 3.05) is 13.6 Å². The first-order chi connectivity index (χ1) is 8.80. The first kappa shape index (κ1) is 15.1. The van der Waals surface area contributed by atoms with Gasteiger partial charge in [0.05, 0.1) is 19.1 Å². The summed E-state index contributed by atoms with van der Waals surface area (Å²) >= 11 is 0. The number of furan rings is 1. The molecule has 0 saturated heterocycles. The summed E-state index contributed by atoms with van der Waals surface area (Å²) in [4.78, 5) is 26.3. The Labute approximate surface area is 112 Å². The molecule has 1 N–H and O–H groups in total. The molecule has 0 aliphatic rings. The molecule has 1 heterocycles. The lowest BCUT2D eigenvalue weighted by Gasteiger charge is -2.36. The Kier molecular flexibility index (Phi) is 4.58. The standard InChI is InChI=1S/C13H20N2O4/c1-5-15(13(2,3)11(16)17)12(18)14(4)8-10-6-7-19-9-10/h6-7,9H,5,8H2,1-4H3,(H,16,17). The Morgan fingerprint density at radius 1 is 1.42 bits per heavy atom. The minimum atomic E-state index is -1.24. The van der Waals surface area contributed by atoms with Crippen LogP contribution in [0.3, 0.4) is 0 Å². The molecule has 1 aromatic heterocycles. The van der Waals surface area contributed by atoms with Gasteiger partial charge >= 0.3 is 12.0 Å². The van der Waals surface area contributed by atoms with Crippen LogP contribution in [0.1, 0.15) is 26.3 Å². The van der Waals surface area contributed by atoms with E-state index in [1.54, 1.807) is 26.3 Å². The number of urea groups is 1. The van der Waals surface area contributed by atoms with E-state index in [-0.39, 0.29) is 6.03 Å². The van der Waals surface area contributed by atoms with Crippen molar-refractivity contribution in [1.82, 2.24) is 9.80 Å². The fourth-order valence-corrected chi connectivity index (χ4v) is 1.82. The highest BCUT2D eigenvalue weighted by Crippen LogP contribution is 2.17. The van der Waals surface area contributed by atoms with Crippen LogP contribution >= 0.6 is 0 Å². The van der Waals surface area contributed by atoms with Crippen LogP contribution in [-0.2, 0) is 11.3 Å².